The van der Waals surface area contributed by atoms with Gasteiger partial charge < -0.3 is 14.7 Å². The van der Waals surface area contributed by atoms with Gasteiger partial charge in [-0.15, -0.1) is 0 Å². The van der Waals surface area contributed by atoms with Crippen LogP contribution >= 0.6 is 0 Å². The minimum atomic E-state index is -0.447. The average Bonchev–Trinajstić information content (AvgIpc) is 2.42. The predicted octanol–water partition coefficient (Wildman–Crippen LogP) is 2.20. The molecular weight excluding hydrogens is 248 g/mol. The molecule has 0 aliphatic heterocycles. The van der Waals surface area contributed by atoms with Crippen LogP contribution in [0.15, 0.2) is 18.2 Å². The lowest BCUT2D eigenvalue weighted by molar-refractivity contribution is -0.385. The molecule has 0 aliphatic carbocycles. The van der Waals surface area contributed by atoms with E-state index in [1.165, 1.54) is 6.07 Å². The number of nitrogens with zero attached hydrogens (tertiary/aromatic N) is 2. The molecule has 1 aromatic carbocycles. The Morgan fingerprint density at radius 1 is 1.42 bits per heavy atom. The van der Waals surface area contributed by atoms with Gasteiger partial charge in [-0.25, -0.2) is 0 Å². The zero-order valence-electron chi connectivity index (χ0n) is 11.3. The Kier molecular flexibility index (Phi) is 6.08. The van der Waals surface area contributed by atoms with E-state index >= 15 is 0 Å². The number of aliphatic hydroxyl groups excluding tert-OH is 1. The standard InChI is InChI=1S/C13H20N2O4/c1-3-9-19-13-10-11(14(4-2)7-8-16)5-6-12(13)15(17)18/h5-6,10,16H,3-4,7-9H2,1-2H3. The predicted molar refractivity (Wildman–Crippen MR) is 73.9 cm³/mol. The second kappa shape index (κ2) is 7.58. The molecule has 0 spiro atoms. The molecule has 6 heteroatoms. The normalized spacial score (nSPS) is 10.3. The van der Waals surface area contributed by atoms with Crippen molar-refractivity contribution in [3.8, 4) is 5.75 Å². The first-order valence-electron chi connectivity index (χ1n) is 6.41. The minimum absolute atomic E-state index is 0.0303. The third kappa shape index (κ3) is 4.10. The Morgan fingerprint density at radius 3 is 2.68 bits per heavy atom. The molecule has 0 unspecified atom stereocenters. The molecule has 1 rings (SSSR count). The van der Waals surface area contributed by atoms with Crippen LogP contribution in [0.1, 0.15) is 20.3 Å². The Bertz CT molecular complexity index is 423. The van der Waals surface area contributed by atoms with Crippen LogP contribution in [0.2, 0.25) is 0 Å². The summed E-state index contributed by atoms with van der Waals surface area (Å²) >= 11 is 0. The topological polar surface area (TPSA) is 75.8 Å². The van der Waals surface area contributed by atoms with Crippen LogP contribution in [-0.2, 0) is 0 Å². The van der Waals surface area contributed by atoms with Gasteiger partial charge in [0.05, 0.1) is 18.1 Å². The fourth-order valence-electron chi connectivity index (χ4n) is 1.77. The van der Waals surface area contributed by atoms with E-state index in [2.05, 4.69) is 0 Å². The summed E-state index contributed by atoms with van der Waals surface area (Å²) < 4.78 is 5.43. The summed E-state index contributed by atoms with van der Waals surface area (Å²) in [5, 5.41) is 19.9. The Hall–Kier alpha value is -1.82. The van der Waals surface area contributed by atoms with E-state index in [1.54, 1.807) is 12.1 Å². The first-order valence-corrected chi connectivity index (χ1v) is 6.41. The van der Waals surface area contributed by atoms with E-state index in [1.807, 2.05) is 18.7 Å². The summed E-state index contributed by atoms with van der Waals surface area (Å²) in [7, 11) is 0. The van der Waals surface area contributed by atoms with Crippen molar-refractivity contribution in [2.24, 2.45) is 0 Å². The van der Waals surface area contributed by atoms with Crippen LogP contribution in [0, 0.1) is 10.1 Å². The molecule has 0 heterocycles. The first kappa shape index (κ1) is 15.2. The third-order valence-electron chi connectivity index (χ3n) is 2.72. The molecule has 0 radical (unpaired) electrons. The highest BCUT2D eigenvalue weighted by Gasteiger charge is 2.17. The van der Waals surface area contributed by atoms with Crippen LogP contribution in [0.4, 0.5) is 11.4 Å². The van der Waals surface area contributed by atoms with Gasteiger partial charge in [0, 0.05) is 30.9 Å². The van der Waals surface area contributed by atoms with Gasteiger partial charge in [-0.3, -0.25) is 10.1 Å². The largest absolute Gasteiger partial charge is 0.487 e. The number of anilines is 1. The summed E-state index contributed by atoms with van der Waals surface area (Å²) in [6, 6.07) is 4.78. The van der Waals surface area contributed by atoms with Crippen molar-refractivity contribution in [2.45, 2.75) is 20.3 Å². The van der Waals surface area contributed by atoms with Crippen molar-refractivity contribution in [2.75, 3.05) is 31.2 Å². The van der Waals surface area contributed by atoms with Gasteiger partial charge in [-0.05, 0) is 19.4 Å². The van der Waals surface area contributed by atoms with Gasteiger partial charge in [0.25, 0.3) is 0 Å². The smallest absolute Gasteiger partial charge is 0.311 e. The summed E-state index contributed by atoms with van der Waals surface area (Å²) in [5.74, 6) is 0.278. The number of ether oxygens (including phenoxy) is 1. The van der Waals surface area contributed by atoms with Crippen LogP contribution in [-0.4, -0.2) is 36.3 Å². The van der Waals surface area contributed by atoms with E-state index in [0.717, 1.165) is 12.1 Å². The van der Waals surface area contributed by atoms with E-state index in [0.29, 0.717) is 19.7 Å². The van der Waals surface area contributed by atoms with E-state index in [-0.39, 0.29) is 18.0 Å². The van der Waals surface area contributed by atoms with Crippen molar-refractivity contribution < 1.29 is 14.8 Å². The summed E-state index contributed by atoms with van der Waals surface area (Å²) in [4.78, 5) is 12.4. The fraction of sp³-hybridized carbons (Fsp3) is 0.538. The monoisotopic (exact) mass is 268 g/mol. The molecule has 0 atom stereocenters. The Labute approximate surface area is 112 Å². The van der Waals surface area contributed by atoms with Crippen molar-refractivity contribution in [1.29, 1.82) is 0 Å². The number of rotatable bonds is 8. The molecule has 0 aromatic heterocycles. The maximum atomic E-state index is 10.9. The Balaban J connectivity index is 3.05. The molecule has 0 saturated heterocycles. The van der Waals surface area contributed by atoms with Gasteiger partial charge >= 0.3 is 5.69 Å². The van der Waals surface area contributed by atoms with E-state index < -0.39 is 4.92 Å². The molecule has 0 saturated carbocycles. The van der Waals surface area contributed by atoms with Gasteiger partial charge in [-0.1, -0.05) is 6.92 Å². The van der Waals surface area contributed by atoms with Crippen molar-refractivity contribution >= 4 is 11.4 Å². The summed E-state index contributed by atoms with van der Waals surface area (Å²) in [6.45, 7) is 5.59. The molecule has 0 aliphatic rings. The number of hydrogen-bond donors (Lipinski definition) is 1. The number of likely N-dealkylation sites (N-methyl/N-ethyl adjacent to an activating group) is 1. The number of aliphatic hydroxyl groups is 1. The highest BCUT2D eigenvalue weighted by molar-refractivity contribution is 5.59. The molecule has 0 bridgehead atoms. The number of hydrogen-bond acceptors (Lipinski definition) is 5. The lowest BCUT2D eigenvalue weighted by Crippen LogP contribution is -2.26. The van der Waals surface area contributed by atoms with Crippen LogP contribution in [0.25, 0.3) is 0 Å². The molecule has 1 aromatic rings. The second-order valence-corrected chi connectivity index (χ2v) is 4.06. The zero-order chi connectivity index (χ0) is 14.3. The van der Waals surface area contributed by atoms with E-state index in [9.17, 15) is 10.1 Å². The van der Waals surface area contributed by atoms with Crippen molar-refractivity contribution in [3.05, 3.63) is 28.3 Å². The van der Waals surface area contributed by atoms with E-state index in [4.69, 9.17) is 9.84 Å². The number of nitro benzene ring substituents is 1. The number of benzene rings is 1. The van der Waals surface area contributed by atoms with Crippen LogP contribution in [0.3, 0.4) is 0 Å². The lowest BCUT2D eigenvalue weighted by atomic mass is 10.2. The maximum Gasteiger partial charge on any atom is 0.311 e. The molecule has 1 N–H and O–H groups in total. The first-order chi connectivity index (χ1) is 9.13. The quantitative estimate of drug-likeness (QED) is 0.578. The fourth-order valence-corrected chi connectivity index (χ4v) is 1.77. The van der Waals surface area contributed by atoms with Gasteiger partial charge in [0.2, 0.25) is 0 Å². The molecule has 6 nitrogen and oxygen atoms in total. The Morgan fingerprint density at radius 2 is 2.16 bits per heavy atom. The highest BCUT2D eigenvalue weighted by atomic mass is 16.6. The minimum Gasteiger partial charge on any atom is -0.487 e. The lowest BCUT2D eigenvalue weighted by Gasteiger charge is -2.22. The molecule has 19 heavy (non-hydrogen) atoms. The molecule has 0 fully saturated rings. The zero-order valence-corrected chi connectivity index (χ0v) is 11.3. The maximum absolute atomic E-state index is 10.9. The summed E-state index contributed by atoms with van der Waals surface area (Å²) in [5.41, 5.74) is 0.783. The van der Waals surface area contributed by atoms with Gasteiger partial charge in [-0.2, -0.15) is 0 Å². The molecular formula is C13H20N2O4. The van der Waals surface area contributed by atoms with Crippen LogP contribution < -0.4 is 9.64 Å². The van der Waals surface area contributed by atoms with Crippen molar-refractivity contribution in [1.82, 2.24) is 0 Å². The average molecular weight is 268 g/mol. The van der Waals surface area contributed by atoms with Crippen LogP contribution in [0.5, 0.6) is 5.75 Å². The number of nitro groups is 1. The third-order valence-corrected chi connectivity index (χ3v) is 2.72. The van der Waals surface area contributed by atoms with Gasteiger partial charge in [0.15, 0.2) is 5.75 Å². The highest BCUT2D eigenvalue weighted by Crippen LogP contribution is 2.31. The SMILES string of the molecule is CCCOc1cc(N(CC)CCO)ccc1[N+](=O)[O-]. The second-order valence-electron chi connectivity index (χ2n) is 4.06. The van der Waals surface area contributed by atoms with Gasteiger partial charge in [0.1, 0.15) is 0 Å². The molecule has 0 amide bonds. The molecule has 106 valence electrons. The summed E-state index contributed by atoms with van der Waals surface area (Å²) in [6.07, 6.45) is 0.787. The van der Waals surface area contributed by atoms with Crippen molar-refractivity contribution in [3.63, 3.8) is 0 Å².